The molecule has 88 valence electrons. The molecule has 5 heteroatoms. The number of anilines is 1. The number of hydrogen-bond donors (Lipinski definition) is 1. The molecule has 0 radical (unpaired) electrons. The third kappa shape index (κ3) is 2.65. The van der Waals surface area contributed by atoms with E-state index in [1.54, 1.807) is 30.3 Å². The van der Waals surface area contributed by atoms with Crippen LogP contribution < -0.4 is 5.32 Å². The van der Waals surface area contributed by atoms with E-state index in [0.29, 0.717) is 16.3 Å². The van der Waals surface area contributed by atoms with Crippen LogP contribution in [0.1, 0.15) is 16.1 Å². The maximum Gasteiger partial charge on any atom is 0.274 e. The average Bonchev–Trinajstić information content (AvgIpc) is 2.39. The zero-order chi connectivity index (χ0) is 13.0. The van der Waals surface area contributed by atoms with Crippen LogP contribution in [0.3, 0.4) is 0 Å². The van der Waals surface area contributed by atoms with E-state index < -0.39 is 5.91 Å². The second-order valence-corrected chi connectivity index (χ2v) is 3.91. The number of carbonyl (C=O) groups excluding carboxylic acids is 1. The quantitative estimate of drug-likeness (QED) is 0.900. The lowest BCUT2D eigenvalue weighted by Gasteiger charge is -2.06. The number of hydrogen-bond acceptors (Lipinski definition) is 3. The number of nitrogens with one attached hydrogen (secondary N) is 1. The monoisotopic (exact) mass is 257 g/mol. The van der Waals surface area contributed by atoms with Gasteiger partial charge in [0, 0.05) is 11.2 Å². The molecule has 0 bridgehead atoms. The molecule has 0 spiro atoms. The van der Waals surface area contributed by atoms with Crippen LogP contribution in [-0.4, -0.2) is 10.9 Å². The fourth-order valence-corrected chi connectivity index (χ4v) is 1.56. The molecule has 2 rings (SSSR count). The highest BCUT2D eigenvalue weighted by Gasteiger charge is 2.10. The predicted molar refractivity (Wildman–Crippen MR) is 68.4 cm³/mol. The van der Waals surface area contributed by atoms with Crippen molar-refractivity contribution in [2.24, 2.45) is 0 Å². The lowest BCUT2D eigenvalue weighted by Crippen LogP contribution is -2.14. The average molecular weight is 258 g/mol. The lowest BCUT2D eigenvalue weighted by atomic mass is 10.2. The molecule has 1 amide bonds. The first-order chi connectivity index (χ1) is 8.70. The molecule has 0 atom stereocenters. The highest BCUT2D eigenvalue weighted by Crippen LogP contribution is 2.15. The summed E-state index contributed by atoms with van der Waals surface area (Å²) in [5, 5.41) is 12.0. The van der Waals surface area contributed by atoms with Crippen molar-refractivity contribution in [2.45, 2.75) is 0 Å². The summed E-state index contributed by atoms with van der Waals surface area (Å²) in [5.41, 5.74) is 1.05. The number of nitriles is 1. The van der Waals surface area contributed by atoms with Crippen LogP contribution in [0.4, 0.5) is 5.69 Å². The molecule has 0 saturated heterocycles. The van der Waals surface area contributed by atoms with Gasteiger partial charge in [-0.3, -0.25) is 9.78 Å². The van der Waals surface area contributed by atoms with Gasteiger partial charge in [0.25, 0.3) is 5.91 Å². The smallest absolute Gasteiger partial charge is 0.274 e. The van der Waals surface area contributed by atoms with E-state index in [1.807, 2.05) is 6.07 Å². The van der Waals surface area contributed by atoms with Gasteiger partial charge in [-0.15, -0.1) is 0 Å². The summed E-state index contributed by atoms with van der Waals surface area (Å²) in [4.78, 5) is 15.8. The largest absolute Gasteiger partial charge is 0.319 e. The van der Waals surface area contributed by atoms with Gasteiger partial charge in [-0.2, -0.15) is 5.26 Å². The van der Waals surface area contributed by atoms with Crippen molar-refractivity contribution in [1.29, 1.82) is 5.26 Å². The van der Waals surface area contributed by atoms with Gasteiger partial charge >= 0.3 is 0 Å². The zero-order valence-corrected chi connectivity index (χ0v) is 9.98. The number of carbonyl (C=O) groups is 1. The Hall–Kier alpha value is -2.38. The highest BCUT2D eigenvalue weighted by molar-refractivity contribution is 6.30. The summed E-state index contributed by atoms with van der Waals surface area (Å²) in [7, 11) is 0. The van der Waals surface area contributed by atoms with Gasteiger partial charge in [0.05, 0.1) is 11.3 Å². The maximum absolute atomic E-state index is 11.9. The predicted octanol–water partition coefficient (Wildman–Crippen LogP) is 2.86. The fourth-order valence-electron chi connectivity index (χ4n) is 1.40. The number of nitrogens with zero attached hydrogens (tertiary/aromatic N) is 2. The number of aromatic nitrogens is 1. The summed E-state index contributed by atoms with van der Waals surface area (Å²) in [6.45, 7) is 0. The minimum atomic E-state index is -0.403. The number of halogens is 1. The van der Waals surface area contributed by atoms with Crippen molar-refractivity contribution in [3.63, 3.8) is 0 Å². The van der Waals surface area contributed by atoms with E-state index in [9.17, 15) is 4.79 Å². The number of amides is 1. The van der Waals surface area contributed by atoms with Gasteiger partial charge in [0.1, 0.15) is 11.8 Å². The third-order valence-electron chi connectivity index (χ3n) is 2.25. The second kappa shape index (κ2) is 5.30. The van der Waals surface area contributed by atoms with Crippen molar-refractivity contribution in [2.75, 3.05) is 5.32 Å². The fraction of sp³-hybridized carbons (Fsp3) is 0. The SMILES string of the molecule is N#Cc1ccccc1NC(=O)c1cc(Cl)ccn1. The standard InChI is InChI=1S/C13H8ClN3O/c14-10-5-6-16-12(7-10)13(18)17-11-4-2-1-3-9(11)8-15/h1-7H,(H,17,18). The van der Waals surface area contributed by atoms with Crippen LogP contribution in [0.2, 0.25) is 5.02 Å². The van der Waals surface area contributed by atoms with E-state index in [4.69, 9.17) is 16.9 Å². The Morgan fingerprint density at radius 3 is 2.83 bits per heavy atom. The molecule has 1 N–H and O–H groups in total. The minimum absolute atomic E-state index is 0.204. The summed E-state index contributed by atoms with van der Waals surface area (Å²) in [6.07, 6.45) is 1.45. The minimum Gasteiger partial charge on any atom is -0.319 e. The Bertz CT molecular complexity index is 634. The Balaban J connectivity index is 2.25. The summed E-state index contributed by atoms with van der Waals surface area (Å²) in [6, 6.07) is 11.8. The van der Waals surface area contributed by atoms with Crippen molar-refractivity contribution in [3.05, 3.63) is 58.9 Å². The van der Waals surface area contributed by atoms with E-state index >= 15 is 0 Å². The molecule has 1 heterocycles. The first-order valence-electron chi connectivity index (χ1n) is 5.13. The van der Waals surface area contributed by atoms with Crippen LogP contribution in [0.15, 0.2) is 42.6 Å². The Labute approximate surface area is 109 Å². The second-order valence-electron chi connectivity index (χ2n) is 3.47. The van der Waals surface area contributed by atoms with Crippen molar-refractivity contribution in [1.82, 2.24) is 4.98 Å². The van der Waals surface area contributed by atoms with Gasteiger partial charge in [-0.05, 0) is 24.3 Å². The molecule has 0 unspecified atom stereocenters. The molecule has 0 fully saturated rings. The van der Waals surface area contributed by atoms with Crippen LogP contribution in [0, 0.1) is 11.3 Å². The van der Waals surface area contributed by atoms with Crippen LogP contribution in [-0.2, 0) is 0 Å². The summed E-state index contributed by atoms with van der Waals surface area (Å²) in [5.74, 6) is -0.403. The van der Waals surface area contributed by atoms with E-state index in [2.05, 4.69) is 10.3 Å². The Morgan fingerprint density at radius 2 is 2.11 bits per heavy atom. The molecule has 0 aliphatic carbocycles. The lowest BCUT2D eigenvalue weighted by molar-refractivity contribution is 0.102. The van der Waals surface area contributed by atoms with Crippen molar-refractivity contribution in [3.8, 4) is 6.07 Å². The van der Waals surface area contributed by atoms with Crippen molar-refractivity contribution >= 4 is 23.2 Å². The van der Waals surface area contributed by atoms with Gasteiger partial charge in [0.15, 0.2) is 0 Å². The third-order valence-corrected chi connectivity index (χ3v) is 2.49. The van der Waals surface area contributed by atoms with Crippen LogP contribution in [0.5, 0.6) is 0 Å². The van der Waals surface area contributed by atoms with Gasteiger partial charge < -0.3 is 5.32 Å². The van der Waals surface area contributed by atoms with E-state index in [1.165, 1.54) is 12.3 Å². The van der Waals surface area contributed by atoms with Gasteiger partial charge in [-0.1, -0.05) is 23.7 Å². The highest BCUT2D eigenvalue weighted by atomic mass is 35.5. The van der Waals surface area contributed by atoms with Crippen LogP contribution >= 0.6 is 11.6 Å². The van der Waals surface area contributed by atoms with E-state index in [-0.39, 0.29) is 5.69 Å². The molecule has 0 aliphatic rings. The Kier molecular flexibility index (Phi) is 3.56. The summed E-state index contributed by atoms with van der Waals surface area (Å²) >= 11 is 5.78. The van der Waals surface area contributed by atoms with Gasteiger partial charge in [0.2, 0.25) is 0 Å². The molecule has 1 aromatic carbocycles. The topological polar surface area (TPSA) is 65.8 Å². The molecule has 0 saturated carbocycles. The van der Waals surface area contributed by atoms with Crippen LogP contribution in [0.25, 0.3) is 0 Å². The number of pyridine rings is 1. The maximum atomic E-state index is 11.9. The number of para-hydroxylation sites is 1. The number of benzene rings is 1. The molecule has 4 nitrogen and oxygen atoms in total. The zero-order valence-electron chi connectivity index (χ0n) is 9.22. The van der Waals surface area contributed by atoms with E-state index in [0.717, 1.165) is 0 Å². The first-order valence-corrected chi connectivity index (χ1v) is 5.50. The normalized spacial score (nSPS) is 9.56. The molecule has 0 aliphatic heterocycles. The van der Waals surface area contributed by atoms with Gasteiger partial charge in [-0.25, -0.2) is 0 Å². The van der Waals surface area contributed by atoms with Crippen molar-refractivity contribution < 1.29 is 4.79 Å². The first kappa shape index (κ1) is 12.1. The number of rotatable bonds is 2. The Morgan fingerprint density at radius 1 is 1.33 bits per heavy atom. The molecular formula is C13H8ClN3O. The molecule has 2 aromatic rings. The molecular weight excluding hydrogens is 250 g/mol. The summed E-state index contributed by atoms with van der Waals surface area (Å²) < 4.78 is 0. The molecule has 1 aromatic heterocycles. The molecule has 18 heavy (non-hydrogen) atoms.